The first-order chi connectivity index (χ1) is 8.85. The first kappa shape index (κ1) is 17.4. The fraction of sp³-hybridized carbons (Fsp3) is 0.857. The molecule has 1 aliphatic rings. The second-order valence-corrected chi connectivity index (χ2v) is 12.9. The first-order valence-corrected chi connectivity index (χ1v) is 11.6. The maximum Gasteiger partial charge on any atom is 0.147 e. The van der Waals surface area contributed by atoms with Crippen molar-refractivity contribution in [2.75, 3.05) is 13.4 Å². The van der Waals surface area contributed by atoms with Gasteiger partial charge in [-0.2, -0.15) is 0 Å². The van der Waals surface area contributed by atoms with Gasteiger partial charge in [-0.05, 0) is 35.4 Å². The van der Waals surface area contributed by atoms with Crippen LogP contribution in [-0.2, 0) is 9.47 Å². The summed E-state index contributed by atoms with van der Waals surface area (Å²) < 4.78 is 12.4. The second kappa shape index (κ2) is 7.93. The van der Waals surface area contributed by atoms with E-state index in [0.717, 1.165) is 42.0 Å². The maximum absolute atomic E-state index is 10.0. The van der Waals surface area contributed by atoms with Crippen molar-refractivity contribution >= 4 is 24.0 Å². The molecule has 112 valence electrons. The molecule has 0 bridgehead atoms. The van der Waals surface area contributed by atoms with Gasteiger partial charge in [0.1, 0.15) is 6.79 Å². The largest absolute Gasteiger partial charge is 0.389 e. The van der Waals surface area contributed by atoms with Crippen LogP contribution in [0.3, 0.4) is 0 Å². The molecule has 0 aromatic rings. The Labute approximate surface area is 126 Å². The number of rotatable bonds is 8. The Bertz CT molecular complexity index is 312. The van der Waals surface area contributed by atoms with Gasteiger partial charge in [-0.15, -0.1) is 0 Å². The summed E-state index contributed by atoms with van der Waals surface area (Å²) in [5.74, 6) is 0. The number of aliphatic hydroxyl groups excluding tert-OH is 1. The van der Waals surface area contributed by atoms with Crippen LogP contribution >= 0.6 is 15.9 Å². The molecule has 0 amide bonds. The van der Waals surface area contributed by atoms with Gasteiger partial charge in [-0.25, -0.2) is 0 Å². The lowest BCUT2D eigenvalue weighted by atomic mass is 10.1. The molecule has 0 heterocycles. The molecule has 0 aromatic carbocycles. The normalized spacial score (nSPS) is 22.1. The van der Waals surface area contributed by atoms with Crippen LogP contribution in [-0.4, -0.2) is 38.8 Å². The highest BCUT2D eigenvalue weighted by Gasteiger charge is 2.29. The van der Waals surface area contributed by atoms with Crippen molar-refractivity contribution in [2.45, 2.75) is 64.1 Å². The van der Waals surface area contributed by atoms with E-state index in [1.165, 1.54) is 0 Å². The Kier molecular flexibility index (Phi) is 7.25. The van der Waals surface area contributed by atoms with E-state index < -0.39 is 14.2 Å². The molecule has 0 aliphatic heterocycles. The van der Waals surface area contributed by atoms with Crippen molar-refractivity contribution in [3.8, 4) is 0 Å². The van der Waals surface area contributed by atoms with E-state index in [1.54, 1.807) is 0 Å². The lowest BCUT2D eigenvalue weighted by Gasteiger charge is -2.20. The quantitative estimate of drug-likeness (QED) is 0.410. The van der Waals surface area contributed by atoms with E-state index in [2.05, 4.69) is 35.6 Å². The van der Waals surface area contributed by atoms with Crippen molar-refractivity contribution in [1.29, 1.82) is 0 Å². The fourth-order valence-corrected chi connectivity index (χ4v) is 3.59. The lowest BCUT2D eigenvalue weighted by molar-refractivity contribution is -0.0785. The van der Waals surface area contributed by atoms with Crippen LogP contribution in [0.4, 0.5) is 0 Å². The number of ether oxygens (including phenoxy) is 2. The Balaban J connectivity index is 2.30. The van der Waals surface area contributed by atoms with Gasteiger partial charge in [0.2, 0.25) is 0 Å². The Morgan fingerprint density at radius 3 is 2.68 bits per heavy atom. The second-order valence-electron chi connectivity index (χ2n) is 6.32. The third-order valence-electron chi connectivity index (χ3n) is 3.38. The predicted molar refractivity (Wildman–Crippen MR) is 85.3 cm³/mol. The van der Waals surface area contributed by atoms with E-state index in [9.17, 15) is 5.11 Å². The van der Waals surface area contributed by atoms with Crippen molar-refractivity contribution < 1.29 is 14.6 Å². The van der Waals surface area contributed by atoms with Crippen LogP contribution in [0, 0.1) is 0 Å². The van der Waals surface area contributed by atoms with Gasteiger partial charge in [0.25, 0.3) is 0 Å². The molecular weight excluding hydrogens is 324 g/mol. The van der Waals surface area contributed by atoms with Crippen LogP contribution in [0.15, 0.2) is 10.1 Å². The van der Waals surface area contributed by atoms with Gasteiger partial charge in [-0.1, -0.05) is 42.5 Å². The molecule has 1 N–H and O–H groups in total. The summed E-state index contributed by atoms with van der Waals surface area (Å²) in [5, 5.41) is 10.0. The molecule has 2 unspecified atom stereocenters. The summed E-state index contributed by atoms with van der Waals surface area (Å²) in [6.45, 7) is 10.1. The highest BCUT2D eigenvalue weighted by Crippen LogP contribution is 2.35. The SMILES string of the molecule is CCC(O)C1=C(Br)CCC1OCOCC[Si](C)(C)C. The zero-order valence-electron chi connectivity index (χ0n) is 12.5. The number of hydrogen-bond acceptors (Lipinski definition) is 3. The van der Waals surface area contributed by atoms with Crippen LogP contribution in [0.1, 0.15) is 26.2 Å². The smallest absolute Gasteiger partial charge is 0.147 e. The molecule has 3 nitrogen and oxygen atoms in total. The molecule has 0 radical (unpaired) electrons. The summed E-state index contributed by atoms with van der Waals surface area (Å²) in [6, 6.07) is 1.16. The molecular formula is C14H27BrO3Si. The maximum atomic E-state index is 10.0. The van der Waals surface area contributed by atoms with E-state index in [0.29, 0.717) is 6.79 Å². The zero-order chi connectivity index (χ0) is 14.5. The summed E-state index contributed by atoms with van der Waals surface area (Å²) in [5.41, 5.74) is 1.01. The molecule has 0 saturated carbocycles. The van der Waals surface area contributed by atoms with Gasteiger partial charge < -0.3 is 14.6 Å². The summed E-state index contributed by atoms with van der Waals surface area (Å²) in [6.07, 6.45) is 2.22. The van der Waals surface area contributed by atoms with Crippen LogP contribution in [0.25, 0.3) is 0 Å². The highest BCUT2D eigenvalue weighted by atomic mass is 79.9. The average molecular weight is 351 g/mol. The van der Waals surface area contributed by atoms with Gasteiger partial charge in [0, 0.05) is 14.7 Å². The Hall–Kier alpha value is 0.317. The molecule has 19 heavy (non-hydrogen) atoms. The number of hydrogen-bond donors (Lipinski definition) is 1. The number of halogens is 1. The highest BCUT2D eigenvalue weighted by molar-refractivity contribution is 9.11. The first-order valence-electron chi connectivity index (χ1n) is 7.11. The van der Waals surface area contributed by atoms with Crippen LogP contribution < -0.4 is 0 Å². The van der Waals surface area contributed by atoms with Gasteiger partial charge in [0.15, 0.2) is 0 Å². The van der Waals surface area contributed by atoms with Gasteiger partial charge in [-0.3, -0.25) is 0 Å². The minimum absolute atomic E-state index is 0.0104. The molecule has 0 saturated heterocycles. The van der Waals surface area contributed by atoms with E-state index in [4.69, 9.17) is 9.47 Å². The van der Waals surface area contributed by atoms with Crippen molar-refractivity contribution in [3.05, 3.63) is 10.1 Å². The van der Waals surface area contributed by atoms with Crippen molar-refractivity contribution in [2.24, 2.45) is 0 Å². The third-order valence-corrected chi connectivity index (χ3v) is 5.94. The van der Waals surface area contributed by atoms with Gasteiger partial charge >= 0.3 is 0 Å². The number of allylic oxidation sites excluding steroid dienone is 1. The summed E-state index contributed by atoms with van der Waals surface area (Å²) in [7, 11) is -1.02. The Morgan fingerprint density at radius 2 is 2.11 bits per heavy atom. The lowest BCUT2D eigenvalue weighted by Crippen LogP contribution is -2.24. The van der Waals surface area contributed by atoms with Crippen molar-refractivity contribution in [3.63, 3.8) is 0 Å². The van der Waals surface area contributed by atoms with E-state index >= 15 is 0 Å². The fourth-order valence-electron chi connectivity index (χ4n) is 2.09. The monoisotopic (exact) mass is 350 g/mol. The van der Waals surface area contributed by atoms with Crippen LogP contribution in [0.5, 0.6) is 0 Å². The standard InChI is InChI=1S/C14H27BrO3Si/c1-5-12(16)14-11(15)6-7-13(14)18-10-17-8-9-19(2,3)4/h12-13,16H,5-10H2,1-4H3. The minimum atomic E-state index is -1.02. The summed E-state index contributed by atoms with van der Waals surface area (Å²) >= 11 is 3.54. The zero-order valence-corrected chi connectivity index (χ0v) is 15.1. The van der Waals surface area contributed by atoms with E-state index in [-0.39, 0.29) is 6.10 Å². The average Bonchev–Trinajstić information content (AvgIpc) is 2.68. The minimum Gasteiger partial charge on any atom is -0.389 e. The molecule has 0 aromatic heterocycles. The number of aliphatic hydroxyl groups is 1. The third kappa shape index (κ3) is 6.08. The summed E-state index contributed by atoms with van der Waals surface area (Å²) in [4.78, 5) is 0. The van der Waals surface area contributed by atoms with Crippen LogP contribution in [0.2, 0.25) is 25.7 Å². The molecule has 2 atom stereocenters. The molecule has 5 heteroatoms. The molecule has 0 fully saturated rings. The Morgan fingerprint density at radius 1 is 1.42 bits per heavy atom. The molecule has 1 aliphatic carbocycles. The molecule has 1 rings (SSSR count). The topological polar surface area (TPSA) is 38.7 Å². The van der Waals surface area contributed by atoms with Crippen molar-refractivity contribution in [1.82, 2.24) is 0 Å². The molecule has 0 spiro atoms. The predicted octanol–water partition coefficient (Wildman–Crippen LogP) is 3.90. The van der Waals surface area contributed by atoms with E-state index in [1.807, 2.05) is 6.92 Å². The van der Waals surface area contributed by atoms with Gasteiger partial charge in [0.05, 0.1) is 12.2 Å².